The van der Waals surface area contributed by atoms with Gasteiger partial charge < -0.3 is 26.0 Å². The van der Waals surface area contributed by atoms with Gasteiger partial charge in [-0.1, -0.05) is 18.9 Å². The molecule has 31 heavy (non-hydrogen) atoms. The fraction of sp³-hybridized carbons (Fsp3) is 0.409. The van der Waals surface area contributed by atoms with Gasteiger partial charge in [-0.3, -0.25) is 9.59 Å². The third-order valence-electron chi connectivity index (χ3n) is 5.55. The van der Waals surface area contributed by atoms with E-state index in [2.05, 4.69) is 10.6 Å². The summed E-state index contributed by atoms with van der Waals surface area (Å²) in [5.41, 5.74) is 7.17. The molecule has 9 heteroatoms. The van der Waals surface area contributed by atoms with Gasteiger partial charge in [-0.15, -0.1) is 11.3 Å². The van der Waals surface area contributed by atoms with Crippen molar-refractivity contribution in [3.8, 4) is 5.75 Å². The van der Waals surface area contributed by atoms with E-state index in [0.717, 1.165) is 36.1 Å². The molecule has 8 nitrogen and oxygen atoms in total. The van der Waals surface area contributed by atoms with E-state index < -0.39 is 5.91 Å². The molecule has 0 aliphatic heterocycles. The third kappa shape index (κ3) is 5.35. The lowest BCUT2D eigenvalue weighted by Gasteiger charge is -2.28. The van der Waals surface area contributed by atoms with Gasteiger partial charge in [0.05, 0.1) is 12.7 Å². The molecule has 1 heterocycles. The Balaban J connectivity index is 1.75. The average molecular weight is 445 g/mol. The van der Waals surface area contributed by atoms with Crippen molar-refractivity contribution >= 4 is 39.9 Å². The zero-order chi connectivity index (χ0) is 22.5. The Morgan fingerprint density at radius 2 is 1.90 bits per heavy atom. The molecular formula is C22H28N4O4S. The second-order valence-electron chi connectivity index (χ2n) is 7.63. The highest BCUT2D eigenvalue weighted by molar-refractivity contribution is 7.16. The number of anilines is 2. The zero-order valence-electron chi connectivity index (χ0n) is 18.0. The van der Waals surface area contributed by atoms with Gasteiger partial charge >= 0.3 is 6.03 Å². The predicted octanol–water partition coefficient (Wildman–Crippen LogP) is 3.89. The minimum Gasteiger partial charge on any atom is -0.497 e. The van der Waals surface area contributed by atoms with Crippen LogP contribution in [0.3, 0.4) is 0 Å². The number of benzene rings is 1. The van der Waals surface area contributed by atoms with Gasteiger partial charge in [0.25, 0.3) is 5.91 Å². The van der Waals surface area contributed by atoms with Crippen LogP contribution in [0.25, 0.3) is 0 Å². The van der Waals surface area contributed by atoms with Crippen molar-refractivity contribution in [2.45, 2.75) is 45.6 Å². The largest absolute Gasteiger partial charge is 0.497 e. The number of hydrogen-bond acceptors (Lipinski definition) is 5. The van der Waals surface area contributed by atoms with Gasteiger partial charge in [0.1, 0.15) is 17.3 Å². The molecule has 0 saturated heterocycles. The summed E-state index contributed by atoms with van der Waals surface area (Å²) < 4.78 is 5.20. The number of primary amides is 1. The maximum atomic E-state index is 13.0. The van der Waals surface area contributed by atoms with E-state index in [-0.39, 0.29) is 24.5 Å². The first-order valence-electron chi connectivity index (χ1n) is 10.2. The minimum absolute atomic E-state index is 0.0150. The van der Waals surface area contributed by atoms with Gasteiger partial charge in [-0.05, 0) is 44.4 Å². The molecule has 1 fully saturated rings. The molecule has 166 valence electrons. The van der Waals surface area contributed by atoms with Crippen molar-refractivity contribution in [3.05, 3.63) is 40.3 Å². The average Bonchev–Trinajstić information content (AvgIpc) is 3.34. The summed E-state index contributed by atoms with van der Waals surface area (Å²) in [6, 6.07) is 6.71. The van der Waals surface area contributed by atoms with Crippen molar-refractivity contribution in [2.24, 2.45) is 5.73 Å². The first-order chi connectivity index (χ1) is 14.8. The fourth-order valence-corrected chi connectivity index (χ4v) is 4.89. The van der Waals surface area contributed by atoms with Crippen molar-refractivity contribution in [2.75, 3.05) is 24.3 Å². The zero-order valence-corrected chi connectivity index (χ0v) is 18.8. The van der Waals surface area contributed by atoms with E-state index in [0.29, 0.717) is 22.0 Å². The highest BCUT2D eigenvalue weighted by Gasteiger charge is 2.29. The molecule has 0 bridgehead atoms. The number of hydrogen-bond donors (Lipinski definition) is 3. The molecule has 1 aromatic heterocycles. The number of ether oxygens (including phenoxy) is 1. The highest BCUT2D eigenvalue weighted by Crippen LogP contribution is 2.32. The number of carbonyl (C=O) groups excluding carboxylic acids is 3. The normalized spacial score (nSPS) is 13.6. The van der Waals surface area contributed by atoms with E-state index in [1.54, 1.807) is 43.2 Å². The van der Waals surface area contributed by atoms with Crippen LogP contribution < -0.4 is 21.1 Å². The molecule has 0 atom stereocenters. The summed E-state index contributed by atoms with van der Waals surface area (Å²) in [5.74, 6) is -0.317. The Kier molecular flexibility index (Phi) is 7.17. The van der Waals surface area contributed by atoms with Crippen molar-refractivity contribution in [3.63, 3.8) is 0 Å². The van der Waals surface area contributed by atoms with Crippen LogP contribution in [0.5, 0.6) is 5.75 Å². The van der Waals surface area contributed by atoms with Crippen LogP contribution in [0.15, 0.2) is 24.3 Å². The second-order valence-corrected chi connectivity index (χ2v) is 8.85. The summed E-state index contributed by atoms with van der Waals surface area (Å²) in [5, 5.41) is 6.07. The van der Waals surface area contributed by atoms with E-state index in [1.165, 1.54) is 11.3 Å². The maximum absolute atomic E-state index is 13.0. The molecule has 0 spiro atoms. The van der Waals surface area contributed by atoms with Gasteiger partial charge in [-0.2, -0.15) is 0 Å². The molecule has 1 aliphatic rings. The lowest BCUT2D eigenvalue weighted by Crippen LogP contribution is -2.46. The van der Waals surface area contributed by atoms with Gasteiger partial charge in [-0.25, -0.2) is 4.79 Å². The smallest absolute Gasteiger partial charge is 0.322 e. The van der Waals surface area contributed by atoms with E-state index in [4.69, 9.17) is 10.5 Å². The monoisotopic (exact) mass is 444 g/mol. The van der Waals surface area contributed by atoms with Crippen LogP contribution >= 0.6 is 11.3 Å². The van der Waals surface area contributed by atoms with Crippen LogP contribution in [0.1, 0.15) is 46.5 Å². The highest BCUT2D eigenvalue weighted by atomic mass is 32.1. The van der Waals surface area contributed by atoms with Crippen LogP contribution in [0.2, 0.25) is 0 Å². The van der Waals surface area contributed by atoms with E-state index >= 15 is 0 Å². The van der Waals surface area contributed by atoms with Crippen LogP contribution in [0.4, 0.5) is 15.5 Å². The third-order valence-corrected chi connectivity index (χ3v) is 6.67. The van der Waals surface area contributed by atoms with E-state index in [1.807, 2.05) is 6.92 Å². The molecule has 0 unspecified atom stereocenters. The number of carbonyl (C=O) groups is 3. The number of nitrogens with zero attached hydrogens (tertiary/aromatic N) is 1. The lowest BCUT2D eigenvalue weighted by molar-refractivity contribution is -0.117. The molecule has 2 aromatic rings. The SMILES string of the molecule is COc1cccc(NC(=O)N(CC(=O)Nc2sc(C)c(C)c2C(N)=O)C2CCCC2)c1. The lowest BCUT2D eigenvalue weighted by atomic mass is 10.1. The topological polar surface area (TPSA) is 114 Å². The number of thiophene rings is 1. The van der Waals surface area contributed by atoms with Gasteiger partial charge in [0.15, 0.2) is 0 Å². The van der Waals surface area contributed by atoms with Crippen LogP contribution in [0, 0.1) is 13.8 Å². The van der Waals surface area contributed by atoms with Crippen molar-refractivity contribution < 1.29 is 19.1 Å². The van der Waals surface area contributed by atoms with Gasteiger partial charge in [0, 0.05) is 22.7 Å². The van der Waals surface area contributed by atoms with Crippen molar-refractivity contribution in [1.29, 1.82) is 0 Å². The quantitative estimate of drug-likeness (QED) is 0.601. The molecule has 3 rings (SSSR count). The molecular weight excluding hydrogens is 416 g/mol. The molecule has 1 saturated carbocycles. The molecule has 0 radical (unpaired) electrons. The summed E-state index contributed by atoms with van der Waals surface area (Å²) in [6.07, 6.45) is 3.74. The standard InChI is InChI=1S/C22H28N4O4S/c1-13-14(2)31-21(19(13)20(23)28)25-18(27)12-26(16-8-4-5-9-16)22(29)24-15-7-6-10-17(11-15)30-3/h6-7,10-11,16H,4-5,8-9,12H2,1-3H3,(H2,23,28)(H,24,29)(H,25,27). The number of nitrogens with one attached hydrogen (secondary N) is 2. The van der Waals surface area contributed by atoms with Crippen LogP contribution in [-0.2, 0) is 4.79 Å². The Morgan fingerprint density at radius 3 is 2.55 bits per heavy atom. The Morgan fingerprint density at radius 1 is 1.19 bits per heavy atom. The molecule has 1 aromatic carbocycles. The predicted molar refractivity (Wildman–Crippen MR) is 122 cm³/mol. The number of amides is 4. The van der Waals surface area contributed by atoms with Crippen molar-refractivity contribution in [1.82, 2.24) is 4.90 Å². The molecule has 1 aliphatic carbocycles. The number of methoxy groups -OCH3 is 1. The fourth-order valence-electron chi connectivity index (χ4n) is 3.81. The number of rotatable bonds is 7. The molecule has 4 amide bonds. The Labute approximate surface area is 185 Å². The first-order valence-corrected chi connectivity index (χ1v) is 11.0. The second kappa shape index (κ2) is 9.82. The maximum Gasteiger partial charge on any atom is 0.322 e. The van der Waals surface area contributed by atoms with E-state index in [9.17, 15) is 14.4 Å². The summed E-state index contributed by atoms with van der Waals surface area (Å²) in [6.45, 7) is 3.55. The number of urea groups is 1. The summed E-state index contributed by atoms with van der Waals surface area (Å²) >= 11 is 1.31. The summed E-state index contributed by atoms with van der Waals surface area (Å²) in [4.78, 5) is 40.2. The first kappa shape index (κ1) is 22.6. The molecule has 4 N–H and O–H groups in total. The number of aryl methyl sites for hydroxylation is 1. The Hall–Kier alpha value is -3.07. The minimum atomic E-state index is -0.583. The number of nitrogens with two attached hydrogens (primary N) is 1. The summed E-state index contributed by atoms with van der Waals surface area (Å²) in [7, 11) is 1.56. The Bertz CT molecular complexity index is 982. The van der Waals surface area contributed by atoms with Crippen LogP contribution in [-0.4, -0.2) is 42.4 Å². The van der Waals surface area contributed by atoms with Gasteiger partial charge in [0.2, 0.25) is 5.91 Å².